The van der Waals surface area contributed by atoms with E-state index in [1.807, 2.05) is 12.3 Å². The van der Waals surface area contributed by atoms with Crippen molar-refractivity contribution in [1.29, 1.82) is 0 Å². The van der Waals surface area contributed by atoms with Crippen molar-refractivity contribution in [3.8, 4) is 45.0 Å². The molecule has 0 spiro atoms. The molecule has 0 bridgehead atoms. The van der Waals surface area contributed by atoms with Gasteiger partial charge in [0.1, 0.15) is 5.82 Å². The molecule has 11 aromatic rings. The second-order valence-corrected chi connectivity index (χ2v) is 13.8. The van der Waals surface area contributed by atoms with Crippen molar-refractivity contribution in [2.45, 2.75) is 0 Å². The van der Waals surface area contributed by atoms with Crippen LogP contribution in [0.5, 0.6) is 0 Å². The maximum Gasteiger partial charge on any atom is 0.138 e. The third-order valence-corrected chi connectivity index (χ3v) is 11.1. The largest absolute Gasteiger partial charge is 0.309 e. The molecule has 0 amide bonds. The van der Waals surface area contributed by atoms with Crippen LogP contribution in [0.2, 0.25) is 0 Å². The van der Waals surface area contributed by atoms with E-state index in [4.69, 9.17) is 9.97 Å². The topological polar surface area (TPSA) is 35.6 Å². The van der Waals surface area contributed by atoms with Gasteiger partial charge in [0.25, 0.3) is 0 Å². The summed E-state index contributed by atoms with van der Waals surface area (Å²) in [6.45, 7) is 0. The maximum atomic E-state index is 5.29. The minimum Gasteiger partial charge on any atom is -0.309 e. The molecule has 1 aliphatic rings. The Morgan fingerprint density at radius 1 is 0.404 bits per heavy atom. The average molecular weight is 661 g/mol. The lowest BCUT2D eigenvalue weighted by molar-refractivity contribution is 1.10. The first-order valence-electron chi connectivity index (χ1n) is 17.7. The monoisotopic (exact) mass is 660 g/mol. The van der Waals surface area contributed by atoms with Crippen LogP contribution in [0, 0.1) is 0 Å². The van der Waals surface area contributed by atoms with Crippen molar-refractivity contribution in [2.24, 2.45) is 0 Å². The van der Waals surface area contributed by atoms with E-state index in [9.17, 15) is 0 Å². The summed E-state index contributed by atoms with van der Waals surface area (Å²) < 4.78 is 4.73. The molecule has 4 heterocycles. The highest BCUT2D eigenvalue weighted by Crippen LogP contribution is 2.47. The van der Waals surface area contributed by atoms with Crippen molar-refractivity contribution >= 4 is 65.3 Å². The standard InChI is InChI=1S/C48H28N4/c1-2-11-32(12-3-1)51-43-23-21-31(27-39(43)47-33-13-5-4-10-29(33)19-24-44(47)51)30-20-22-42-37(26-30)34-14-6-7-18-41(34)52(42)45-28-38-35-16-9-25-49-48(35)36-15-8-17-40(50-45)46(36)38/h1-28H. The summed E-state index contributed by atoms with van der Waals surface area (Å²) in [6, 6.07) is 59.3. The smallest absolute Gasteiger partial charge is 0.138 e. The second-order valence-electron chi connectivity index (χ2n) is 13.8. The number of hydrogen-bond acceptors (Lipinski definition) is 2. The van der Waals surface area contributed by atoms with Gasteiger partial charge in [-0.05, 0) is 94.2 Å². The maximum absolute atomic E-state index is 5.29. The zero-order chi connectivity index (χ0) is 33.9. The van der Waals surface area contributed by atoms with Crippen LogP contribution in [-0.4, -0.2) is 19.1 Å². The third kappa shape index (κ3) is 3.70. The summed E-state index contributed by atoms with van der Waals surface area (Å²) in [4.78, 5) is 10.1. The molecule has 0 saturated carbocycles. The molecule has 12 rings (SSSR count). The highest BCUT2D eigenvalue weighted by molar-refractivity contribution is 6.22. The number of fused-ring (bicyclic) bond motifs is 11. The first kappa shape index (κ1) is 27.7. The lowest BCUT2D eigenvalue weighted by Crippen LogP contribution is -1.98. The SMILES string of the molecule is c1ccc(-n2c3ccc(-c4ccc5c(c4)c4ccccc4n5-c4cc5c6c(cccc6n4)-c4ncccc4-5)cc3c3c4ccccc4ccc32)cc1. The van der Waals surface area contributed by atoms with Gasteiger partial charge in [-0.3, -0.25) is 9.55 Å². The molecule has 0 atom stereocenters. The van der Waals surface area contributed by atoms with Crippen molar-refractivity contribution in [2.75, 3.05) is 0 Å². The van der Waals surface area contributed by atoms with Gasteiger partial charge in [-0.2, -0.15) is 0 Å². The normalized spacial score (nSPS) is 12.2. The first-order valence-corrected chi connectivity index (χ1v) is 17.7. The Morgan fingerprint density at radius 2 is 1.12 bits per heavy atom. The van der Waals surface area contributed by atoms with Gasteiger partial charge in [0.15, 0.2) is 0 Å². The molecule has 0 saturated heterocycles. The minimum absolute atomic E-state index is 0.914. The van der Waals surface area contributed by atoms with E-state index >= 15 is 0 Å². The molecule has 52 heavy (non-hydrogen) atoms. The van der Waals surface area contributed by atoms with Crippen molar-refractivity contribution in [3.63, 3.8) is 0 Å². The second kappa shape index (κ2) is 10.3. The summed E-state index contributed by atoms with van der Waals surface area (Å²) in [5, 5.41) is 8.65. The number of hydrogen-bond donors (Lipinski definition) is 0. The minimum atomic E-state index is 0.914. The molecule has 0 radical (unpaired) electrons. The van der Waals surface area contributed by atoms with E-state index in [-0.39, 0.29) is 0 Å². The van der Waals surface area contributed by atoms with E-state index in [2.05, 4.69) is 167 Å². The Hall–Kier alpha value is -7.04. The molecule has 1 aliphatic carbocycles. The van der Waals surface area contributed by atoms with Crippen LogP contribution >= 0.6 is 0 Å². The van der Waals surface area contributed by atoms with E-state index in [0.29, 0.717) is 0 Å². The molecular formula is C48H28N4. The van der Waals surface area contributed by atoms with Crippen LogP contribution < -0.4 is 0 Å². The highest BCUT2D eigenvalue weighted by Gasteiger charge is 2.25. The number of rotatable bonds is 3. The van der Waals surface area contributed by atoms with Crippen LogP contribution in [0.25, 0.3) is 110 Å². The molecule has 240 valence electrons. The van der Waals surface area contributed by atoms with Crippen molar-refractivity contribution < 1.29 is 0 Å². The third-order valence-electron chi connectivity index (χ3n) is 11.1. The summed E-state index contributed by atoms with van der Waals surface area (Å²) >= 11 is 0. The van der Waals surface area contributed by atoms with Gasteiger partial charge in [-0.15, -0.1) is 0 Å². The zero-order valence-corrected chi connectivity index (χ0v) is 28.0. The summed E-state index contributed by atoms with van der Waals surface area (Å²) in [5.41, 5.74) is 13.8. The molecule has 4 nitrogen and oxygen atoms in total. The van der Waals surface area contributed by atoms with Gasteiger partial charge in [0.2, 0.25) is 0 Å². The van der Waals surface area contributed by atoms with Crippen LogP contribution in [0.4, 0.5) is 0 Å². The molecule has 0 fully saturated rings. The molecule has 7 aromatic carbocycles. The number of aromatic nitrogens is 4. The summed E-state index contributed by atoms with van der Waals surface area (Å²) in [6.07, 6.45) is 1.88. The van der Waals surface area contributed by atoms with Gasteiger partial charge in [0, 0.05) is 49.9 Å². The van der Waals surface area contributed by atoms with Gasteiger partial charge < -0.3 is 4.57 Å². The van der Waals surface area contributed by atoms with Gasteiger partial charge in [-0.1, -0.05) is 97.1 Å². The fourth-order valence-corrected chi connectivity index (χ4v) is 8.86. The molecular weight excluding hydrogens is 633 g/mol. The van der Waals surface area contributed by atoms with E-state index in [1.54, 1.807) is 0 Å². The molecule has 4 aromatic heterocycles. The Morgan fingerprint density at radius 3 is 2.00 bits per heavy atom. The van der Waals surface area contributed by atoms with Crippen LogP contribution in [0.3, 0.4) is 0 Å². The van der Waals surface area contributed by atoms with Crippen molar-refractivity contribution in [1.82, 2.24) is 19.1 Å². The Bertz CT molecular complexity index is 3290. The number of nitrogens with zero attached hydrogens (tertiary/aromatic N) is 4. The van der Waals surface area contributed by atoms with Gasteiger partial charge in [0.05, 0.1) is 33.3 Å². The van der Waals surface area contributed by atoms with Crippen LogP contribution in [-0.2, 0) is 0 Å². The van der Waals surface area contributed by atoms with E-state index in [1.165, 1.54) is 65.4 Å². The Labute approximate surface area is 298 Å². The molecule has 0 aliphatic heterocycles. The van der Waals surface area contributed by atoms with Gasteiger partial charge in [-0.25, -0.2) is 4.98 Å². The average Bonchev–Trinajstić information content (AvgIpc) is 3.84. The van der Waals surface area contributed by atoms with Gasteiger partial charge >= 0.3 is 0 Å². The molecule has 0 unspecified atom stereocenters. The van der Waals surface area contributed by atoms with E-state index < -0.39 is 0 Å². The zero-order valence-electron chi connectivity index (χ0n) is 28.0. The fraction of sp³-hybridized carbons (Fsp3) is 0. The first-order chi connectivity index (χ1) is 25.8. The molecule has 0 N–H and O–H groups in total. The predicted molar refractivity (Wildman–Crippen MR) is 216 cm³/mol. The summed E-state index contributed by atoms with van der Waals surface area (Å²) in [7, 11) is 0. The number of benzene rings is 7. The quantitative estimate of drug-likeness (QED) is 0.189. The Balaban J connectivity index is 1.09. The van der Waals surface area contributed by atoms with Crippen LogP contribution in [0.15, 0.2) is 170 Å². The summed E-state index contributed by atoms with van der Waals surface area (Å²) in [5.74, 6) is 0.914. The highest BCUT2D eigenvalue weighted by atomic mass is 15.1. The van der Waals surface area contributed by atoms with Crippen molar-refractivity contribution in [3.05, 3.63) is 170 Å². The van der Waals surface area contributed by atoms with Crippen LogP contribution in [0.1, 0.15) is 0 Å². The fourth-order valence-electron chi connectivity index (χ4n) is 8.86. The van der Waals surface area contributed by atoms with E-state index in [0.717, 1.165) is 44.9 Å². The lowest BCUT2D eigenvalue weighted by atomic mass is 9.99. The number of pyridine rings is 2. The number of para-hydroxylation sites is 2. The lowest BCUT2D eigenvalue weighted by Gasteiger charge is -2.11. The molecule has 4 heteroatoms. The Kier molecular flexibility index (Phi) is 5.47. The predicted octanol–water partition coefficient (Wildman–Crippen LogP) is 12.3.